The summed E-state index contributed by atoms with van der Waals surface area (Å²) in [7, 11) is 0. The van der Waals surface area contributed by atoms with Gasteiger partial charge in [0.05, 0.1) is 6.61 Å². The van der Waals surface area contributed by atoms with Gasteiger partial charge in [0.15, 0.2) is 0 Å². The molecule has 0 atom stereocenters. The number of para-hydroxylation sites is 1. The Balaban J connectivity index is 0.000000671. The summed E-state index contributed by atoms with van der Waals surface area (Å²) in [6.45, 7) is 6.99. The molecule has 0 saturated heterocycles. The van der Waals surface area contributed by atoms with E-state index in [2.05, 4.69) is 6.92 Å². The van der Waals surface area contributed by atoms with Crippen LogP contribution in [0.5, 0.6) is 5.75 Å². The maximum atomic E-state index is 5.45. The van der Waals surface area contributed by atoms with E-state index in [1.165, 1.54) is 6.42 Å². The normalized spacial score (nSPS) is 8.54. The molecule has 74 valence electrons. The molecule has 0 aliphatic heterocycles. The summed E-state index contributed by atoms with van der Waals surface area (Å²) in [4.78, 5) is 0. The molecule has 0 aliphatic carbocycles. The van der Waals surface area contributed by atoms with Crippen molar-refractivity contribution in [3.8, 4) is 5.75 Å². The molecule has 0 unspecified atom stereocenters. The highest BCUT2D eigenvalue weighted by atomic mass is 16.5. The summed E-state index contributed by atoms with van der Waals surface area (Å²) >= 11 is 0. The highest BCUT2D eigenvalue weighted by Gasteiger charge is 1.88. The van der Waals surface area contributed by atoms with Crippen LogP contribution in [0.25, 0.3) is 0 Å². The van der Waals surface area contributed by atoms with Crippen LogP contribution in [-0.2, 0) is 0 Å². The highest BCUT2D eigenvalue weighted by Crippen LogP contribution is 2.08. The van der Waals surface area contributed by atoms with E-state index < -0.39 is 0 Å². The monoisotopic (exact) mass is 180 g/mol. The maximum absolute atomic E-state index is 5.45. The van der Waals surface area contributed by atoms with E-state index in [1.807, 2.05) is 44.2 Å². The lowest BCUT2D eigenvalue weighted by molar-refractivity contribution is 0.309. The standard InChI is InChI=1S/C10H14O.C2H6/c1-2-3-9-11-10-7-5-4-6-8-10;1-2/h4-8H,2-3,9H2,1H3;1-2H3. The van der Waals surface area contributed by atoms with E-state index in [4.69, 9.17) is 4.74 Å². The fourth-order valence-corrected chi connectivity index (χ4v) is 0.851. The van der Waals surface area contributed by atoms with Crippen molar-refractivity contribution >= 4 is 0 Å². The predicted molar refractivity (Wildman–Crippen MR) is 58.2 cm³/mol. The van der Waals surface area contributed by atoms with Crippen molar-refractivity contribution in [2.24, 2.45) is 0 Å². The maximum Gasteiger partial charge on any atom is 0.119 e. The van der Waals surface area contributed by atoms with Gasteiger partial charge in [-0.2, -0.15) is 0 Å². The molecule has 1 aromatic carbocycles. The molecule has 0 bridgehead atoms. The molecule has 1 heteroatoms. The van der Waals surface area contributed by atoms with E-state index in [1.54, 1.807) is 0 Å². The Morgan fingerprint density at radius 3 is 2.23 bits per heavy atom. The quantitative estimate of drug-likeness (QED) is 0.639. The molecule has 0 amide bonds. The molecule has 0 spiro atoms. The Morgan fingerprint density at radius 1 is 1.08 bits per heavy atom. The van der Waals surface area contributed by atoms with Gasteiger partial charge in [-0.25, -0.2) is 0 Å². The van der Waals surface area contributed by atoms with Crippen molar-refractivity contribution in [3.63, 3.8) is 0 Å². The number of benzene rings is 1. The third-order valence-electron chi connectivity index (χ3n) is 1.51. The van der Waals surface area contributed by atoms with Crippen molar-refractivity contribution in [1.29, 1.82) is 0 Å². The van der Waals surface area contributed by atoms with Crippen LogP contribution in [-0.4, -0.2) is 6.61 Å². The van der Waals surface area contributed by atoms with Gasteiger partial charge in [-0.05, 0) is 18.6 Å². The molecule has 0 radical (unpaired) electrons. The number of rotatable bonds is 4. The Bertz CT molecular complexity index is 182. The molecule has 1 nitrogen and oxygen atoms in total. The molecular weight excluding hydrogens is 160 g/mol. The average Bonchev–Trinajstić information content (AvgIpc) is 2.23. The SMILES string of the molecule is CC.CCCCOc1ccccc1. The van der Waals surface area contributed by atoms with Gasteiger partial charge in [-0.15, -0.1) is 0 Å². The van der Waals surface area contributed by atoms with Crippen molar-refractivity contribution < 1.29 is 4.74 Å². The third-order valence-corrected chi connectivity index (χ3v) is 1.51. The van der Waals surface area contributed by atoms with Crippen LogP contribution in [0.2, 0.25) is 0 Å². The first-order valence-corrected chi connectivity index (χ1v) is 5.11. The molecule has 1 aromatic rings. The van der Waals surface area contributed by atoms with Crippen LogP contribution in [0.1, 0.15) is 33.6 Å². The minimum Gasteiger partial charge on any atom is -0.494 e. The first-order chi connectivity index (χ1) is 6.43. The molecular formula is C12H20O. The van der Waals surface area contributed by atoms with Crippen molar-refractivity contribution in [1.82, 2.24) is 0 Å². The second-order valence-corrected chi connectivity index (χ2v) is 2.52. The molecule has 0 N–H and O–H groups in total. The number of ether oxygens (including phenoxy) is 1. The average molecular weight is 180 g/mol. The van der Waals surface area contributed by atoms with Crippen LogP contribution in [0, 0.1) is 0 Å². The second-order valence-electron chi connectivity index (χ2n) is 2.52. The third kappa shape index (κ3) is 6.21. The first kappa shape index (κ1) is 12.0. The largest absolute Gasteiger partial charge is 0.494 e. The summed E-state index contributed by atoms with van der Waals surface area (Å²) in [6, 6.07) is 9.93. The first-order valence-electron chi connectivity index (χ1n) is 5.11. The second kappa shape index (κ2) is 9.11. The van der Waals surface area contributed by atoms with Gasteiger partial charge >= 0.3 is 0 Å². The molecule has 13 heavy (non-hydrogen) atoms. The summed E-state index contributed by atoms with van der Waals surface area (Å²) < 4.78 is 5.45. The molecule has 0 fully saturated rings. The minimum atomic E-state index is 0.834. The van der Waals surface area contributed by atoms with Gasteiger partial charge < -0.3 is 4.74 Å². The lowest BCUT2D eigenvalue weighted by Gasteiger charge is -2.03. The number of hydrogen-bond donors (Lipinski definition) is 0. The Labute approximate surface area is 81.7 Å². The number of hydrogen-bond acceptors (Lipinski definition) is 1. The Hall–Kier alpha value is -0.980. The van der Waals surface area contributed by atoms with Gasteiger partial charge in [0.1, 0.15) is 5.75 Å². The van der Waals surface area contributed by atoms with E-state index in [9.17, 15) is 0 Å². The molecule has 0 aliphatic rings. The summed E-state index contributed by atoms with van der Waals surface area (Å²) in [5, 5.41) is 0. The predicted octanol–water partition coefficient (Wildman–Crippen LogP) is 3.89. The number of unbranched alkanes of at least 4 members (excludes halogenated alkanes) is 1. The van der Waals surface area contributed by atoms with Crippen LogP contribution < -0.4 is 4.74 Å². The van der Waals surface area contributed by atoms with Crippen LogP contribution in [0.4, 0.5) is 0 Å². The fraction of sp³-hybridized carbons (Fsp3) is 0.500. The van der Waals surface area contributed by atoms with E-state index in [-0.39, 0.29) is 0 Å². The zero-order chi connectivity index (χ0) is 9.94. The lowest BCUT2D eigenvalue weighted by Crippen LogP contribution is -1.95. The fourth-order valence-electron chi connectivity index (χ4n) is 0.851. The van der Waals surface area contributed by atoms with Gasteiger partial charge in [-0.3, -0.25) is 0 Å². The topological polar surface area (TPSA) is 9.23 Å². The summed E-state index contributed by atoms with van der Waals surface area (Å²) in [6.07, 6.45) is 2.32. The Kier molecular flexibility index (Phi) is 8.42. The van der Waals surface area contributed by atoms with Crippen molar-refractivity contribution in [2.45, 2.75) is 33.6 Å². The zero-order valence-electron chi connectivity index (χ0n) is 8.92. The van der Waals surface area contributed by atoms with E-state index in [0.29, 0.717) is 0 Å². The zero-order valence-corrected chi connectivity index (χ0v) is 8.92. The lowest BCUT2D eigenvalue weighted by atomic mass is 10.3. The molecule has 1 rings (SSSR count). The highest BCUT2D eigenvalue weighted by molar-refractivity contribution is 5.20. The van der Waals surface area contributed by atoms with E-state index in [0.717, 1.165) is 18.8 Å². The summed E-state index contributed by atoms with van der Waals surface area (Å²) in [5.74, 6) is 0.973. The Morgan fingerprint density at radius 2 is 1.69 bits per heavy atom. The molecule has 0 aromatic heterocycles. The van der Waals surface area contributed by atoms with Crippen LogP contribution in [0.15, 0.2) is 30.3 Å². The molecule has 0 heterocycles. The molecule has 0 saturated carbocycles. The van der Waals surface area contributed by atoms with Gasteiger partial charge in [-0.1, -0.05) is 45.4 Å². The van der Waals surface area contributed by atoms with Gasteiger partial charge in [0.2, 0.25) is 0 Å². The minimum absolute atomic E-state index is 0.834. The van der Waals surface area contributed by atoms with Crippen LogP contribution >= 0.6 is 0 Å². The van der Waals surface area contributed by atoms with E-state index >= 15 is 0 Å². The van der Waals surface area contributed by atoms with Gasteiger partial charge in [0, 0.05) is 0 Å². The van der Waals surface area contributed by atoms with Crippen LogP contribution in [0.3, 0.4) is 0 Å². The van der Waals surface area contributed by atoms with Crippen molar-refractivity contribution in [3.05, 3.63) is 30.3 Å². The van der Waals surface area contributed by atoms with Gasteiger partial charge in [0.25, 0.3) is 0 Å². The smallest absolute Gasteiger partial charge is 0.119 e. The summed E-state index contributed by atoms with van der Waals surface area (Å²) in [5.41, 5.74) is 0. The van der Waals surface area contributed by atoms with Crippen molar-refractivity contribution in [2.75, 3.05) is 6.61 Å².